The molecule has 2 rings (SSSR count). The number of aromatic nitrogens is 2. The number of rotatable bonds is 7. The summed E-state index contributed by atoms with van der Waals surface area (Å²) >= 11 is 0. The number of aryl methyl sites for hydroxylation is 1. The minimum absolute atomic E-state index is 0.428. The molecule has 2 heterocycles. The minimum Gasteiger partial charge on any atom is -0.381 e. The van der Waals surface area contributed by atoms with Crippen molar-refractivity contribution >= 4 is 0 Å². The predicted octanol–water partition coefficient (Wildman–Crippen LogP) is 1.39. The third-order valence-electron chi connectivity index (χ3n) is 3.44. The quantitative estimate of drug-likeness (QED) is 0.753. The second-order valence-corrected chi connectivity index (χ2v) is 4.80. The Morgan fingerprint density at radius 1 is 1.32 bits per heavy atom. The van der Waals surface area contributed by atoms with Crippen LogP contribution in [0.1, 0.15) is 44.3 Å². The molecule has 6 heteroatoms. The van der Waals surface area contributed by atoms with Gasteiger partial charge in [-0.15, -0.1) is 0 Å². The standard InChI is InChI=1S/C13H23N3O3/c1-2-18-13(6-9-17-10-7-13)12-15-11(19-16-12)5-3-4-8-14/h2-10,14H2,1H3. The lowest BCUT2D eigenvalue weighted by atomic mass is 9.93. The van der Waals surface area contributed by atoms with Crippen LogP contribution < -0.4 is 5.73 Å². The Hall–Kier alpha value is -0.980. The van der Waals surface area contributed by atoms with Gasteiger partial charge in [-0.2, -0.15) is 4.98 Å². The maximum Gasteiger partial charge on any atom is 0.226 e. The Balaban J connectivity index is 2.04. The highest BCUT2D eigenvalue weighted by Crippen LogP contribution is 2.34. The van der Waals surface area contributed by atoms with Gasteiger partial charge in [0.1, 0.15) is 5.60 Å². The molecule has 0 unspecified atom stereocenters. The van der Waals surface area contributed by atoms with Crippen molar-refractivity contribution in [1.82, 2.24) is 10.1 Å². The molecule has 0 aromatic carbocycles. The highest BCUT2D eigenvalue weighted by molar-refractivity contribution is 5.03. The Bertz CT molecular complexity index is 369. The molecule has 2 N–H and O–H groups in total. The first-order valence-electron chi connectivity index (χ1n) is 7.05. The topological polar surface area (TPSA) is 83.4 Å². The van der Waals surface area contributed by atoms with Crippen LogP contribution >= 0.6 is 0 Å². The molecule has 108 valence electrons. The fraction of sp³-hybridized carbons (Fsp3) is 0.846. The van der Waals surface area contributed by atoms with Crippen molar-refractivity contribution in [3.63, 3.8) is 0 Å². The third-order valence-corrected chi connectivity index (χ3v) is 3.44. The van der Waals surface area contributed by atoms with E-state index < -0.39 is 5.60 Å². The molecule has 0 aliphatic carbocycles. The maximum absolute atomic E-state index is 5.91. The van der Waals surface area contributed by atoms with Crippen LogP contribution in [0.2, 0.25) is 0 Å². The third kappa shape index (κ3) is 3.52. The zero-order chi connectivity index (χ0) is 13.6. The Morgan fingerprint density at radius 3 is 2.79 bits per heavy atom. The van der Waals surface area contributed by atoms with Crippen LogP contribution in [0.15, 0.2) is 4.52 Å². The summed E-state index contributed by atoms with van der Waals surface area (Å²) in [4.78, 5) is 4.50. The molecule has 1 fully saturated rings. The second kappa shape index (κ2) is 6.98. The Kier molecular flexibility index (Phi) is 5.30. The normalized spacial score (nSPS) is 18.6. The summed E-state index contributed by atoms with van der Waals surface area (Å²) in [5.74, 6) is 1.34. The van der Waals surface area contributed by atoms with Gasteiger partial charge in [0, 0.05) is 39.1 Å². The Morgan fingerprint density at radius 2 is 2.11 bits per heavy atom. The Labute approximate surface area is 113 Å². The van der Waals surface area contributed by atoms with Crippen LogP contribution in [0.25, 0.3) is 0 Å². The van der Waals surface area contributed by atoms with E-state index in [1.165, 1.54) is 0 Å². The molecule has 0 radical (unpaired) electrons. The van der Waals surface area contributed by atoms with Crippen LogP contribution in [0.3, 0.4) is 0 Å². The largest absolute Gasteiger partial charge is 0.381 e. The van der Waals surface area contributed by atoms with E-state index in [4.69, 9.17) is 19.7 Å². The van der Waals surface area contributed by atoms with Gasteiger partial charge in [-0.25, -0.2) is 0 Å². The fourth-order valence-corrected chi connectivity index (χ4v) is 2.37. The van der Waals surface area contributed by atoms with Gasteiger partial charge in [-0.05, 0) is 26.3 Å². The fourth-order valence-electron chi connectivity index (χ4n) is 2.37. The number of hydrogen-bond donors (Lipinski definition) is 1. The smallest absolute Gasteiger partial charge is 0.226 e. The summed E-state index contributed by atoms with van der Waals surface area (Å²) in [5.41, 5.74) is 5.05. The first-order chi connectivity index (χ1) is 9.30. The molecule has 1 saturated heterocycles. The highest BCUT2D eigenvalue weighted by Gasteiger charge is 2.39. The van der Waals surface area contributed by atoms with Gasteiger partial charge in [0.2, 0.25) is 11.7 Å². The zero-order valence-electron chi connectivity index (χ0n) is 11.6. The summed E-state index contributed by atoms with van der Waals surface area (Å²) < 4.78 is 16.6. The van der Waals surface area contributed by atoms with E-state index in [1.54, 1.807) is 0 Å². The molecule has 1 aromatic heterocycles. The maximum atomic E-state index is 5.91. The second-order valence-electron chi connectivity index (χ2n) is 4.80. The van der Waals surface area contributed by atoms with Gasteiger partial charge in [0.15, 0.2) is 0 Å². The summed E-state index contributed by atoms with van der Waals surface area (Å²) in [6.07, 6.45) is 4.29. The first-order valence-corrected chi connectivity index (χ1v) is 7.05. The molecule has 1 aromatic rings. The predicted molar refractivity (Wildman–Crippen MR) is 69.6 cm³/mol. The molecule has 0 amide bonds. The molecule has 0 saturated carbocycles. The first kappa shape index (κ1) is 14.4. The SMILES string of the molecule is CCOC1(c2noc(CCCCN)n2)CCOCC1. The summed E-state index contributed by atoms with van der Waals surface area (Å²) in [7, 11) is 0. The molecular formula is C13H23N3O3. The van der Waals surface area contributed by atoms with Gasteiger partial charge in [0.05, 0.1) is 0 Å². The van der Waals surface area contributed by atoms with E-state index in [1.807, 2.05) is 6.92 Å². The van der Waals surface area contributed by atoms with Crippen LogP contribution in [0.4, 0.5) is 0 Å². The van der Waals surface area contributed by atoms with E-state index in [-0.39, 0.29) is 0 Å². The lowest BCUT2D eigenvalue weighted by Gasteiger charge is -2.33. The van der Waals surface area contributed by atoms with Gasteiger partial charge < -0.3 is 19.7 Å². The van der Waals surface area contributed by atoms with Crippen molar-refractivity contribution in [3.05, 3.63) is 11.7 Å². The van der Waals surface area contributed by atoms with E-state index in [0.717, 1.165) is 32.1 Å². The van der Waals surface area contributed by atoms with E-state index >= 15 is 0 Å². The summed E-state index contributed by atoms with van der Waals surface area (Å²) in [5, 5.41) is 4.11. The van der Waals surface area contributed by atoms with Crippen molar-refractivity contribution in [2.75, 3.05) is 26.4 Å². The lowest BCUT2D eigenvalue weighted by Crippen LogP contribution is -2.37. The molecule has 0 spiro atoms. The molecule has 1 aliphatic heterocycles. The van der Waals surface area contributed by atoms with E-state index in [0.29, 0.717) is 38.1 Å². The summed E-state index contributed by atoms with van der Waals surface area (Å²) in [6.45, 7) is 4.67. The van der Waals surface area contributed by atoms with Gasteiger partial charge in [-0.1, -0.05) is 5.16 Å². The highest BCUT2D eigenvalue weighted by atomic mass is 16.5. The average Bonchev–Trinajstić information content (AvgIpc) is 2.90. The molecule has 6 nitrogen and oxygen atoms in total. The number of nitrogens with zero attached hydrogens (tertiary/aromatic N) is 2. The van der Waals surface area contributed by atoms with Crippen molar-refractivity contribution in [1.29, 1.82) is 0 Å². The minimum atomic E-state index is -0.428. The van der Waals surface area contributed by atoms with Crippen molar-refractivity contribution < 1.29 is 14.0 Å². The lowest BCUT2D eigenvalue weighted by molar-refractivity contribution is -0.118. The monoisotopic (exact) mass is 269 g/mol. The van der Waals surface area contributed by atoms with Crippen LogP contribution in [0.5, 0.6) is 0 Å². The van der Waals surface area contributed by atoms with Crippen LogP contribution in [-0.4, -0.2) is 36.5 Å². The van der Waals surface area contributed by atoms with Crippen molar-refractivity contribution in [2.24, 2.45) is 5.73 Å². The molecule has 19 heavy (non-hydrogen) atoms. The van der Waals surface area contributed by atoms with Crippen LogP contribution in [0, 0.1) is 0 Å². The number of ether oxygens (including phenoxy) is 2. The van der Waals surface area contributed by atoms with Crippen LogP contribution in [-0.2, 0) is 21.5 Å². The molecule has 0 bridgehead atoms. The molecular weight excluding hydrogens is 246 g/mol. The number of nitrogens with two attached hydrogens (primary N) is 1. The van der Waals surface area contributed by atoms with Gasteiger partial charge in [0.25, 0.3) is 0 Å². The average molecular weight is 269 g/mol. The number of unbranched alkanes of at least 4 members (excludes halogenated alkanes) is 1. The number of hydrogen-bond acceptors (Lipinski definition) is 6. The van der Waals surface area contributed by atoms with Crippen molar-refractivity contribution in [2.45, 2.75) is 44.6 Å². The van der Waals surface area contributed by atoms with Crippen molar-refractivity contribution in [3.8, 4) is 0 Å². The molecule has 0 atom stereocenters. The van der Waals surface area contributed by atoms with Gasteiger partial charge >= 0.3 is 0 Å². The van der Waals surface area contributed by atoms with E-state index in [2.05, 4.69) is 10.1 Å². The summed E-state index contributed by atoms with van der Waals surface area (Å²) in [6, 6.07) is 0. The molecule has 1 aliphatic rings. The van der Waals surface area contributed by atoms with E-state index in [9.17, 15) is 0 Å². The van der Waals surface area contributed by atoms with Gasteiger partial charge in [-0.3, -0.25) is 0 Å². The zero-order valence-corrected chi connectivity index (χ0v) is 11.6.